The molecule has 0 radical (unpaired) electrons. The molecule has 128 valence electrons. The lowest BCUT2D eigenvalue weighted by Gasteiger charge is -2.36. The van der Waals surface area contributed by atoms with E-state index in [0.29, 0.717) is 37.9 Å². The number of aromatic nitrogens is 3. The highest BCUT2D eigenvalue weighted by Gasteiger charge is 2.31. The number of nitrogens with one attached hydrogen (secondary N) is 1. The third kappa shape index (κ3) is 5.18. The van der Waals surface area contributed by atoms with E-state index in [1.807, 2.05) is 20.8 Å². The molecule has 1 aromatic heterocycles. The zero-order valence-electron chi connectivity index (χ0n) is 13.8. The molecule has 8 nitrogen and oxygen atoms in total. The minimum absolute atomic E-state index is 0.168. The van der Waals surface area contributed by atoms with E-state index in [1.165, 1.54) is 0 Å². The lowest BCUT2D eigenvalue weighted by Crippen LogP contribution is -2.53. The van der Waals surface area contributed by atoms with Crippen molar-refractivity contribution in [3.05, 3.63) is 10.8 Å². The Labute approximate surface area is 140 Å². The Morgan fingerprint density at radius 3 is 2.87 bits per heavy atom. The van der Waals surface area contributed by atoms with E-state index in [-0.39, 0.29) is 17.3 Å². The number of ether oxygens (including phenoxy) is 2. The Balaban J connectivity index is 1.98. The first-order valence-electron chi connectivity index (χ1n) is 7.44. The molecule has 1 aromatic rings. The van der Waals surface area contributed by atoms with Crippen LogP contribution in [0.2, 0.25) is 5.15 Å². The fourth-order valence-corrected chi connectivity index (χ4v) is 2.14. The van der Waals surface area contributed by atoms with Gasteiger partial charge in [-0.2, -0.15) is 0 Å². The minimum atomic E-state index is -0.534. The lowest BCUT2D eigenvalue weighted by atomic mass is 10.2. The number of halogens is 1. The van der Waals surface area contributed by atoms with Gasteiger partial charge in [0.2, 0.25) is 5.95 Å². The van der Waals surface area contributed by atoms with Crippen LogP contribution < -0.4 is 5.32 Å². The van der Waals surface area contributed by atoms with Crippen molar-refractivity contribution in [2.24, 2.45) is 0 Å². The molecule has 2 heterocycles. The molecule has 0 aliphatic carbocycles. The molecule has 1 aliphatic rings. The van der Waals surface area contributed by atoms with Crippen LogP contribution in [0.4, 0.5) is 10.7 Å². The molecule has 0 saturated carbocycles. The van der Waals surface area contributed by atoms with Crippen molar-refractivity contribution in [1.82, 2.24) is 20.1 Å². The Morgan fingerprint density at radius 2 is 2.22 bits per heavy atom. The Hall–Kier alpha value is -1.67. The highest BCUT2D eigenvalue weighted by molar-refractivity contribution is 6.29. The molecule has 23 heavy (non-hydrogen) atoms. The molecule has 1 atom stereocenters. The number of amides is 1. The van der Waals surface area contributed by atoms with E-state index in [9.17, 15) is 4.79 Å². The van der Waals surface area contributed by atoms with Gasteiger partial charge in [0.05, 0.1) is 24.9 Å². The Kier molecular flexibility index (Phi) is 5.59. The highest BCUT2D eigenvalue weighted by atomic mass is 35.5. The third-order valence-corrected chi connectivity index (χ3v) is 3.51. The quantitative estimate of drug-likeness (QED) is 0.896. The molecule has 1 fully saturated rings. The van der Waals surface area contributed by atoms with E-state index in [1.54, 1.807) is 11.8 Å². The van der Waals surface area contributed by atoms with E-state index >= 15 is 0 Å². The SMILES string of the molecule is Cc1nc(NC[C@H]2COCCN2C(=O)OC(C)(C)C)nnc1Cl. The second kappa shape index (κ2) is 7.27. The summed E-state index contributed by atoms with van der Waals surface area (Å²) in [5, 5.41) is 11.0. The van der Waals surface area contributed by atoms with Gasteiger partial charge in [-0.1, -0.05) is 11.6 Å². The zero-order valence-corrected chi connectivity index (χ0v) is 14.6. The average Bonchev–Trinajstić information content (AvgIpc) is 2.47. The molecule has 1 aliphatic heterocycles. The van der Waals surface area contributed by atoms with E-state index < -0.39 is 5.60 Å². The van der Waals surface area contributed by atoms with Crippen LogP contribution in [0.25, 0.3) is 0 Å². The van der Waals surface area contributed by atoms with E-state index in [2.05, 4.69) is 20.5 Å². The van der Waals surface area contributed by atoms with Gasteiger partial charge in [-0.25, -0.2) is 9.78 Å². The lowest BCUT2D eigenvalue weighted by molar-refractivity contribution is -0.0291. The number of hydrogen-bond acceptors (Lipinski definition) is 7. The fourth-order valence-electron chi connectivity index (χ4n) is 2.06. The number of aryl methyl sites for hydroxylation is 1. The molecule has 2 rings (SSSR count). The summed E-state index contributed by atoms with van der Waals surface area (Å²) in [6.07, 6.45) is -0.348. The van der Waals surface area contributed by atoms with Gasteiger partial charge < -0.3 is 14.8 Å². The van der Waals surface area contributed by atoms with Crippen molar-refractivity contribution in [2.45, 2.75) is 39.3 Å². The van der Waals surface area contributed by atoms with Crippen molar-refractivity contribution in [1.29, 1.82) is 0 Å². The maximum atomic E-state index is 12.3. The molecule has 0 spiro atoms. The van der Waals surface area contributed by atoms with Crippen LogP contribution in [0, 0.1) is 6.92 Å². The van der Waals surface area contributed by atoms with Crippen LogP contribution in [0.1, 0.15) is 26.5 Å². The largest absolute Gasteiger partial charge is 0.444 e. The summed E-state index contributed by atoms with van der Waals surface area (Å²) in [4.78, 5) is 18.2. The number of anilines is 1. The maximum Gasteiger partial charge on any atom is 0.410 e. The van der Waals surface area contributed by atoms with Crippen LogP contribution >= 0.6 is 11.6 Å². The second-order valence-corrected chi connectivity index (χ2v) is 6.65. The molecular formula is C14H22ClN5O3. The van der Waals surface area contributed by atoms with Gasteiger partial charge >= 0.3 is 6.09 Å². The first-order valence-corrected chi connectivity index (χ1v) is 7.82. The van der Waals surface area contributed by atoms with Crippen LogP contribution in [0.15, 0.2) is 0 Å². The fraction of sp³-hybridized carbons (Fsp3) is 0.714. The van der Waals surface area contributed by atoms with Crippen molar-refractivity contribution < 1.29 is 14.3 Å². The molecule has 0 bridgehead atoms. The highest BCUT2D eigenvalue weighted by Crippen LogP contribution is 2.15. The summed E-state index contributed by atoms with van der Waals surface area (Å²) < 4.78 is 10.9. The summed E-state index contributed by atoms with van der Waals surface area (Å²) in [7, 11) is 0. The summed E-state index contributed by atoms with van der Waals surface area (Å²) in [6, 6.07) is -0.168. The average molecular weight is 344 g/mol. The van der Waals surface area contributed by atoms with Gasteiger partial charge in [0.1, 0.15) is 5.60 Å². The van der Waals surface area contributed by atoms with Gasteiger partial charge in [0.25, 0.3) is 0 Å². The number of morpholine rings is 1. The van der Waals surface area contributed by atoms with Crippen LogP contribution in [0.5, 0.6) is 0 Å². The van der Waals surface area contributed by atoms with E-state index in [0.717, 1.165) is 0 Å². The summed E-state index contributed by atoms with van der Waals surface area (Å²) in [6.45, 7) is 9.11. The standard InChI is InChI=1S/C14H22ClN5O3/c1-9-11(15)18-19-12(17-9)16-7-10-8-22-6-5-20(10)13(21)23-14(2,3)4/h10H,5-8H2,1-4H3,(H,16,17,19)/t10-/m0/s1. The molecule has 0 aromatic carbocycles. The molecular weight excluding hydrogens is 322 g/mol. The van der Waals surface area contributed by atoms with Crippen molar-refractivity contribution in [3.63, 3.8) is 0 Å². The van der Waals surface area contributed by atoms with E-state index in [4.69, 9.17) is 21.1 Å². The van der Waals surface area contributed by atoms with Crippen molar-refractivity contribution in [2.75, 3.05) is 31.6 Å². The normalized spacial score (nSPS) is 18.7. The molecule has 0 unspecified atom stereocenters. The Morgan fingerprint density at radius 1 is 1.48 bits per heavy atom. The van der Waals surface area contributed by atoms with Crippen molar-refractivity contribution >= 4 is 23.6 Å². The summed E-state index contributed by atoms with van der Waals surface area (Å²) in [5.41, 5.74) is 0.0568. The topological polar surface area (TPSA) is 89.5 Å². The van der Waals surface area contributed by atoms with Crippen LogP contribution in [-0.4, -0.2) is 64.1 Å². The van der Waals surface area contributed by atoms with Gasteiger partial charge in [-0.15, -0.1) is 10.2 Å². The van der Waals surface area contributed by atoms with Crippen molar-refractivity contribution in [3.8, 4) is 0 Å². The zero-order chi connectivity index (χ0) is 17.0. The number of nitrogens with zero attached hydrogens (tertiary/aromatic N) is 4. The molecule has 1 amide bonds. The predicted octanol–water partition coefficient (Wildman–Crippen LogP) is 1.88. The summed E-state index contributed by atoms with van der Waals surface area (Å²) in [5.74, 6) is 0.363. The number of hydrogen-bond donors (Lipinski definition) is 1. The van der Waals surface area contributed by atoms with Gasteiger partial charge in [-0.3, -0.25) is 4.90 Å². The molecule has 9 heteroatoms. The molecule has 1 saturated heterocycles. The minimum Gasteiger partial charge on any atom is -0.444 e. The number of carbonyl (C=O) groups excluding carboxylic acids is 1. The van der Waals surface area contributed by atoms with Crippen LogP contribution in [-0.2, 0) is 9.47 Å². The van der Waals surface area contributed by atoms with Crippen LogP contribution in [0.3, 0.4) is 0 Å². The maximum absolute atomic E-state index is 12.3. The molecule has 1 N–H and O–H groups in total. The first kappa shape index (κ1) is 17.7. The van der Waals surface area contributed by atoms with Gasteiger partial charge in [0, 0.05) is 13.1 Å². The third-order valence-electron chi connectivity index (χ3n) is 3.16. The Bertz CT molecular complexity index is 564. The second-order valence-electron chi connectivity index (χ2n) is 6.30. The number of carbonyl (C=O) groups is 1. The van der Waals surface area contributed by atoms with Gasteiger partial charge in [-0.05, 0) is 27.7 Å². The monoisotopic (exact) mass is 343 g/mol. The summed E-state index contributed by atoms with van der Waals surface area (Å²) >= 11 is 5.80. The van der Waals surface area contributed by atoms with Gasteiger partial charge in [0.15, 0.2) is 5.15 Å². The first-order chi connectivity index (χ1) is 10.8. The smallest absolute Gasteiger partial charge is 0.410 e. The predicted molar refractivity (Wildman–Crippen MR) is 85.6 cm³/mol. The number of rotatable bonds is 3.